The quantitative estimate of drug-likeness (QED) is 0.763. The molecule has 0 aromatic carbocycles. The summed E-state index contributed by atoms with van der Waals surface area (Å²) >= 11 is 0. The molecule has 0 saturated heterocycles. The molecular weight excluding hydrogens is 238 g/mol. The van der Waals surface area contributed by atoms with E-state index in [1.54, 1.807) is 0 Å². The Hall–Kier alpha value is -0.130. The molecule has 0 spiro atoms. The molecule has 0 heterocycles. The van der Waals surface area contributed by atoms with E-state index in [4.69, 9.17) is 0 Å². The first-order chi connectivity index (χ1) is 7.93. The smallest absolute Gasteiger partial charge is 0.211 e. The average molecular weight is 263 g/mol. The molecule has 17 heavy (non-hydrogen) atoms. The first-order valence-corrected chi connectivity index (χ1v) is 8.23. The van der Waals surface area contributed by atoms with Crippen LogP contribution in [0.5, 0.6) is 0 Å². The summed E-state index contributed by atoms with van der Waals surface area (Å²) in [4.78, 5) is 0. The van der Waals surface area contributed by atoms with Crippen LogP contribution < -0.4 is 4.72 Å². The van der Waals surface area contributed by atoms with Gasteiger partial charge in [0, 0.05) is 6.54 Å². The van der Waals surface area contributed by atoms with Crippen LogP contribution in [-0.2, 0) is 10.0 Å². The number of nitrogens with one attached hydrogen (secondary N) is 1. The van der Waals surface area contributed by atoms with Gasteiger partial charge in [-0.25, -0.2) is 13.1 Å². The second-order valence-electron chi connectivity index (χ2n) is 5.33. The predicted octanol–water partition coefficient (Wildman–Crippen LogP) is 1.50. The van der Waals surface area contributed by atoms with Gasteiger partial charge in [-0.05, 0) is 31.1 Å². The lowest BCUT2D eigenvalue weighted by Gasteiger charge is -2.26. The zero-order chi connectivity index (χ0) is 12.9. The molecule has 4 nitrogen and oxygen atoms in total. The highest BCUT2D eigenvalue weighted by Gasteiger charge is 2.22. The van der Waals surface area contributed by atoms with Gasteiger partial charge in [-0.1, -0.05) is 26.7 Å². The van der Waals surface area contributed by atoms with Gasteiger partial charge in [0.15, 0.2) is 0 Å². The Labute approximate surface area is 105 Å². The van der Waals surface area contributed by atoms with Crippen molar-refractivity contribution in [1.82, 2.24) is 4.72 Å². The SMILES string of the molecule is CCC(C)CS(=O)(=O)NCC1CCCC(O)C1. The lowest BCUT2D eigenvalue weighted by molar-refractivity contribution is 0.102. The summed E-state index contributed by atoms with van der Waals surface area (Å²) in [5, 5.41) is 9.52. The lowest BCUT2D eigenvalue weighted by Crippen LogP contribution is -2.35. The van der Waals surface area contributed by atoms with Crippen molar-refractivity contribution in [3.63, 3.8) is 0 Å². The Morgan fingerprint density at radius 3 is 2.71 bits per heavy atom. The van der Waals surface area contributed by atoms with E-state index in [0.717, 1.165) is 32.1 Å². The predicted molar refractivity (Wildman–Crippen MR) is 69.2 cm³/mol. The van der Waals surface area contributed by atoms with Crippen LogP contribution in [0.25, 0.3) is 0 Å². The van der Waals surface area contributed by atoms with Crippen LogP contribution in [0, 0.1) is 11.8 Å². The van der Waals surface area contributed by atoms with Crippen molar-refractivity contribution in [2.45, 2.75) is 52.1 Å². The maximum atomic E-state index is 11.8. The minimum atomic E-state index is -3.14. The number of hydrogen-bond donors (Lipinski definition) is 2. The van der Waals surface area contributed by atoms with E-state index in [9.17, 15) is 13.5 Å². The van der Waals surface area contributed by atoms with Crippen molar-refractivity contribution < 1.29 is 13.5 Å². The molecule has 1 rings (SSSR count). The molecule has 1 aliphatic rings. The van der Waals surface area contributed by atoms with Gasteiger partial charge in [0.05, 0.1) is 11.9 Å². The molecule has 1 saturated carbocycles. The Morgan fingerprint density at radius 1 is 1.41 bits per heavy atom. The molecule has 0 aromatic rings. The van der Waals surface area contributed by atoms with E-state index < -0.39 is 10.0 Å². The minimum Gasteiger partial charge on any atom is -0.393 e. The van der Waals surface area contributed by atoms with Gasteiger partial charge < -0.3 is 5.11 Å². The van der Waals surface area contributed by atoms with Crippen molar-refractivity contribution >= 4 is 10.0 Å². The van der Waals surface area contributed by atoms with E-state index in [1.165, 1.54) is 0 Å². The highest BCUT2D eigenvalue weighted by Crippen LogP contribution is 2.23. The van der Waals surface area contributed by atoms with Crippen LogP contribution in [0.3, 0.4) is 0 Å². The standard InChI is InChI=1S/C12H25NO3S/c1-3-10(2)9-17(15,16)13-8-11-5-4-6-12(14)7-11/h10-14H,3-9H2,1-2H3. The Bertz CT molecular complexity index is 316. The van der Waals surface area contributed by atoms with Crippen molar-refractivity contribution in [3.8, 4) is 0 Å². The molecule has 3 unspecified atom stereocenters. The first kappa shape index (κ1) is 14.9. The summed E-state index contributed by atoms with van der Waals surface area (Å²) in [6, 6.07) is 0. The molecule has 5 heteroatoms. The summed E-state index contributed by atoms with van der Waals surface area (Å²) in [6.45, 7) is 4.43. The number of rotatable bonds is 6. The molecule has 3 atom stereocenters. The lowest BCUT2D eigenvalue weighted by atomic mass is 9.87. The normalized spacial score (nSPS) is 27.9. The molecule has 2 N–H and O–H groups in total. The fraction of sp³-hybridized carbons (Fsp3) is 1.00. The maximum absolute atomic E-state index is 11.8. The van der Waals surface area contributed by atoms with Gasteiger partial charge in [0.2, 0.25) is 10.0 Å². The highest BCUT2D eigenvalue weighted by atomic mass is 32.2. The maximum Gasteiger partial charge on any atom is 0.211 e. The summed E-state index contributed by atoms with van der Waals surface area (Å²) < 4.78 is 26.2. The summed E-state index contributed by atoms with van der Waals surface area (Å²) in [5.74, 6) is 0.702. The third kappa shape index (κ3) is 5.84. The number of hydrogen-bond acceptors (Lipinski definition) is 3. The second kappa shape index (κ2) is 6.71. The number of aliphatic hydroxyl groups excluding tert-OH is 1. The first-order valence-electron chi connectivity index (χ1n) is 6.58. The fourth-order valence-electron chi connectivity index (χ4n) is 2.24. The van der Waals surface area contributed by atoms with E-state index in [2.05, 4.69) is 4.72 Å². The molecule has 102 valence electrons. The average Bonchev–Trinajstić information content (AvgIpc) is 2.26. The van der Waals surface area contributed by atoms with Crippen molar-refractivity contribution in [2.75, 3.05) is 12.3 Å². The molecular formula is C12H25NO3S. The second-order valence-corrected chi connectivity index (χ2v) is 7.18. The number of aliphatic hydroxyl groups is 1. The summed E-state index contributed by atoms with van der Waals surface area (Å²) in [7, 11) is -3.14. The minimum absolute atomic E-state index is 0.199. The zero-order valence-corrected chi connectivity index (χ0v) is 11.7. The van der Waals surface area contributed by atoms with Crippen LogP contribution in [0.4, 0.5) is 0 Å². The van der Waals surface area contributed by atoms with Crippen LogP contribution in [0.15, 0.2) is 0 Å². The molecule has 0 aliphatic heterocycles. The van der Waals surface area contributed by atoms with E-state index in [-0.39, 0.29) is 17.8 Å². The van der Waals surface area contributed by atoms with Gasteiger partial charge in [0.1, 0.15) is 0 Å². The van der Waals surface area contributed by atoms with Gasteiger partial charge in [-0.15, -0.1) is 0 Å². The van der Waals surface area contributed by atoms with E-state index in [1.807, 2.05) is 13.8 Å². The van der Waals surface area contributed by atoms with Gasteiger partial charge in [0.25, 0.3) is 0 Å². The van der Waals surface area contributed by atoms with Gasteiger partial charge in [-0.2, -0.15) is 0 Å². The van der Waals surface area contributed by atoms with Gasteiger partial charge in [-0.3, -0.25) is 0 Å². The zero-order valence-electron chi connectivity index (χ0n) is 10.9. The van der Waals surface area contributed by atoms with Crippen molar-refractivity contribution in [3.05, 3.63) is 0 Å². The third-order valence-corrected chi connectivity index (χ3v) is 5.16. The molecule has 1 aliphatic carbocycles. The summed E-state index contributed by atoms with van der Waals surface area (Å²) in [5.41, 5.74) is 0. The molecule has 1 fully saturated rings. The van der Waals surface area contributed by atoms with Gasteiger partial charge >= 0.3 is 0 Å². The topological polar surface area (TPSA) is 66.4 Å². The van der Waals surface area contributed by atoms with Crippen molar-refractivity contribution in [1.29, 1.82) is 0 Å². The summed E-state index contributed by atoms with van der Waals surface area (Å²) in [6.07, 6.45) is 4.24. The van der Waals surface area contributed by atoms with E-state index in [0.29, 0.717) is 12.5 Å². The Morgan fingerprint density at radius 2 is 2.12 bits per heavy atom. The third-order valence-electron chi connectivity index (χ3n) is 3.55. The highest BCUT2D eigenvalue weighted by molar-refractivity contribution is 7.89. The van der Waals surface area contributed by atoms with Crippen LogP contribution in [0.1, 0.15) is 46.0 Å². The van der Waals surface area contributed by atoms with Crippen molar-refractivity contribution in [2.24, 2.45) is 11.8 Å². The molecule has 0 aromatic heterocycles. The van der Waals surface area contributed by atoms with E-state index >= 15 is 0 Å². The largest absolute Gasteiger partial charge is 0.393 e. The van der Waals surface area contributed by atoms with Crippen LogP contribution >= 0.6 is 0 Å². The fourth-order valence-corrected chi connectivity index (χ4v) is 3.84. The Kier molecular flexibility index (Phi) is 5.89. The number of sulfonamides is 1. The van der Waals surface area contributed by atoms with Crippen LogP contribution in [-0.4, -0.2) is 31.9 Å². The van der Waals surface area contributed by atoms with Crippen LogP contribution in [0.2, 0.25) is 0 Å². The molecule has 0 bridgehead atoms. The molecule has 0 amide bonds. The Balaban J connectivity index is 2.33. The monoisotopic (exact) mass is 263 g/mol. The molecule has 0 radical (unpaired) electrons.